The van der Waals surface area contributed by atoms with Gasteiger partial charge >= 0.3 is 0 Å². The third kappa shape index (κ3) is 4.53. The van der Waals surface area contributed by atoms with Crippen molar-refractivity contribution in [1.82, 2.24) is 14.9 Å². The van der Waals surface area contributed by atoms with Crippen molar-refractivity contribution in [2.75, 3.05) is 52.0 Å². The maximum absolute atomic E-state index is 10.2. The maximum Gasteiger partial charge on any atom is 0.204 e. The summed E-state index contributed by atoms with van der Waals surface area (Å²) < 4.78 is 5.27. The lowest BCUT2D eigenvalue weighted by atomic mass is 10.1. The largest absolute Gasteiger partial charge is 0.490 e. The molecule has 1 aromatic rings. The van der Waals surface area contributed by atoms with E-state index >= 15 is 0 Å². The highest BCUT2D eigenvalue weighted by Crippen LogP contribution is 2.28. The fraction of sp³-hybridized carbons (Fsp3) is 0.667. The van der Waals surface area contributed by atoms with Gasteiger partial charge in [-0.3, -0.25) is 0 Å². The Morgan fingerprint density at radius 2 is 2.00 bits per heavy atom. The van der Waals surface area contributed by atoms with Gasteiger partial charge in [0.2, 0.25) is 5.75 Å². The molecule has 19 heavy (non-hydrogen) atoms. The molecule has 3 N–H and O–H groups in total. The minimum Gasteiger partial charge on any atom is -0.490 e. The number of likely N-dealkylation sites (N-methyl/N-ethyl adjacent to an activating group) is 1. The van der Waals surface area contributed by atoms with Crippen LogP contribution in [0.4, 0.5) is 11.6 Å². The molecule has 0 aliphatic rings. The van der Waals surface area contributed by atoms with Crippen LogP contribution in [0.15, 0.2) is 6.33 Å². The maximum atomic E-state index is 10.2. The Bertz CT molecular complexity index is 409. The summed E-state index contributed by atoms with van der Waals surface area (Å²) in [4.78, 5) is 10.1. The Labute approximate surface area is 114 Å². The van der Waals surface area contributed by atoms with Gasteiger partial charge in [0.25, 0.3) is 0 Å². The second kappa shape index (κ2) is 6.53. The molecule has 7 heteroatoms. The number of nitrogens with zero attached hydrogens (tertiary/aromatic N) is 3. The van der Waals surface area contributed by atoms with Crippen LogP contribution in [0.2, 0.25) is 0 Å². The molecule has 0 saturated heterocycles. The number of hydrogen-bond acceptors (Lipinski definition) is 7. The molecular weight excluding hydrogens is 246 g/mol. The van der Waals surface area contributed by atoms with Gasteiger partial charge in [-0.1, -0.05) is 0 Å². The van der Waals surface area contributed by atoms with Crippen molar-refractivity contribution < 1.29 is 9.84 Å². The fourth-order valence-electron chi connectivity index (χ4n) is 1.88. The lowest BCUT2D eigenvalue weighted by Crippen LogP contribution is -2.43. The number of nitrogens with one attached hydrogen (secondary N) is 2. The van der Waals surface area contributed by atoms with Crippen LogP contribution in [0.25, 0.3) is 0 Å². The van der Waals surface area contributed by atoms with E-state index in [2.05, 4.69) is 20.6 Å². The van der Waals surface area contributed by atoms with Gasteiger partial charge in [-0.25, -0.2) is 9.97 Å². The van der Waals surface area contributed by atoms with Gasteiger partial charge in [-0.15, -0.1) is 0 Å². The molecule has 1 atom stereocenters. The van der Waals surface area contributed by atoms with Crippen molar-refractivity contribution in [3.8, 4) is 5.75 Å². The first kappa shape index (κ1) is 15.5. The summed E-state index contributed by atoms with van der Waals surface area (Å²) in [6, 6.07) is 0. The molecule has 0 aromatic carbocycles. The van der Waals surface area contributed by atoms with Crippen LogP contribution in [0.5, 0.6) is 5.75 Å². The standard InChI is InChI=1S/C12H23N5O2/c1-12(18,7-17(3)4)6-14-11-9(19-5)10(13-2)15-8-16-11/h8,18H,6-7H2,1-5H3,(H2,13,14,15,16). The molecule has 0 saturated carbocycles. The van der Waals surface area contributed by atoms with Crippen LogP contribution >= 0.6 is 0 Å². The van der Waals surface area contributed by atoms with Crippen molar-refractivity contribution in [2.45, 2.75) is 12.5 Å². The average molecular weight is 269 g/mol. The number of anilines is 2. The monoisotopic (exact) mass is 269 g/mol. The van der Waals surface area contributed by atoms with Crippen molar-refractivity contribution in [1.29, 1.82) is 0 Å². The summed E-state index contributed by atoms with van der Waals surface area (Å²) in [5, 5.41) is 16.3. The van der Waals surface area contributed by atoms with E-state index < -0.39 is 5.60 Å². The number of hydrogen-bond donors (Lipinski definition) is 3. The molecule has 7 nitrogen and oxygen atoms in total. The van der Waals surface area contributed by atoms with Crippen molar-refractivity contribution >= 4 is 11.6 Å². The molecule has 108 valence electrons. The van der Waals surface area contributed by atoms with Crippen LogP contribution in [0.1, 0.15) is 6.92 Å². The minimum atomic E-state index is -0.862. The van der Waals surface area contributed by atoms with Crippen LogP contribution in [0, 0.1) is 0 Å². The molecule has 0 amide bonds. The van der Waals surface area contributed by atoms with E-state index in [9.17, 15) is 5.11 Å². The Morgan fingerprint density at radius 3 is 2.53 bits per heavy atom. The zero-order chi connectivity index (χ0) is 14.5. The fourth-order valence-corrected chi connectivity index (χ4v) is 1.88. The lowest BCUT2D eigenvalue weighted by molar-refractivity contribution is 0.0458. The number of aliphatic hydroxyl groups is 1. The average Bonchev–Trinajstić information content (AvgIpc) is 2.34. The van der Waals surface area contributed by atoms with E-state index in [1.54, 1.807) is 21.1 Å². The molecule has 0 bridgehead atoms. The molecule has 0 fully saturated rings. The molecule has 0 aliphatic carbocycles. The Kier molecular flexibility index (Phi) is 5.31. The number of ether oxygens (including phenoxy) is 1. The number of aromatic nitrogens is 2. The zero-order valence-electron chi connectivity index (χ0n) is 12.2. The van der Waals surface area contributed by atoms with Crippen LogP contribution < -0.4 is 15.4 Å². The van der Waals surface area contributed by atoms with Gasteiger partial charge in [-0.2, -0.15) is 0 Å². The highest BCUT2D eigenvalue weighted by atomic mass is 16.5. The summed E-state index contributed by atoms with van der Waals surface area (Å²) in [6.07, 6.45) is 1.44. The third-order valence-corrected chi connectivity index (χ3v) is 2.54. The number of rotatable bonds is 7. The van der Waals surface area contributed by atoms with E-state index in [1.165, 1.54) is 6.33 Å². The molecule has 0 aliphatic heterocycles. The lowest BCUT2D eigenvalue weighted by Gasteiger charge is -2.27. The van der Waals surface area contributed by atoms with Crippen molar-refractivity contribution in [3.05, 3.63) is 6.33 Å². The topological polar surface area (TPSA) is 82.5 Å². The van der Waals surface area contributed by atoms with Crippen LogP contribution in [-0.4, -0.2) is 66.9 Å². The Morgan fingerprint density at radius 1 is 1.37 bits per heavy atom. The van der Waals surface area contributed by atoms with Crippen molar-refractivity contribution in [2.24, 2.45) is 0 Å². The molecular formula is C12H23N5O2. The van der Waals surface area contributed by atoms with Gasteiger partial charge in [0.15, 0.2) is 11.6 Å². The van der Waals surface area contributed by atoms with E-state index in [0.717, 1.165) is 0 Å². The van der Waals surface area contributed by atoms with Gasteiger partial charge < -0.3 is 25.4 Å². The summed E-state index contributed by atoms with van der Waals surface area (Å²) >= 11 is 0. The molecule has 1 rings (SSSR count). The van der Waals surface area contributed by atoms with E-state index in [0.29, 0.717) is 30.5 Å². The number of methoxy groups -OCH3 is 1. The summed E-state index contributed by atoms with van der Waals surface area (Å²) in [6.45, 7) is 2.68. The minimum absolute atomic E-state index is 0.363. The highest BCUT2D eigenvalue weighted by molar-refractivity contribution is 5.63. The quantitative estimate of drug-likeness (QED) is 0.654. The molecule has 0 radical (unpaired) electrons. The first-order valence-corrected chi connectivity index (χ1v) is 6.07. The van der Waals surface area contributed by atoms with Crippen molar-refractivity contribution in [3.63, 3.8) is 0 Å². The molecule has 1 aromatic heterocycles. The zero-order valence-corrected chi connectivity index (χ0v) is 12.2. The van der Waals surface area contributed by atoms with Gasteiger partial charge in [0.05, 0.1) is 12.7 Å². The summed E-state index contributed by atoms with van der Waals surface area (Å²) in [7, 11) is 7.15. The first-order chi connectivity index (χ1) is 8.89. The Balaban J connectivity index is 2.77. The first-order valence-electron chi connectivity index (χ1n) is 6.07. The SMILES string of the molecule is CNc1ncnc(NCC(C)(O)CN(C)C)c1OC. The van der Waals surface area contributed by atoms with E-state index in [4.69, 9.17) is 4.74 Å². The highest BCUT2D eigenvalue weighted by Gasteiger charge is 2.22. The second-order valence-corrected chi connectivity index (χ2v) is 4.94. The Hall–Kier alpha value is -1.60. The smallest absolute Gasteiger partial charge is 0.204 e. The van der Waals surface area contributed by atoms with Gasteiger partial charge in [-0.05, 0) is 21.0 Å². The predicted octanol–water partition coefficient (Wildman–Crippen LogP) is 0.251. The normalized spacial score (nSPS) is 14.1. The summed E-state index contributed by atoms with van der Waals surface area (Å²) in [5.74, 6) is 1.69. The second-order valence-electron chi connectivity index (χ2n) is 4.94. The predicted molar refractivity (Wildman–Crippen MR) is 75.8 cm³/mol. The molecule has 1 unspecified atom stereocenters. The van der Waals surface area contributed by atoms with Crippen LogP contribution in [0.3, 0.4) is 0 Å². The van der Waals surface area contributed by atoms with Gasteiger partial charge in [0.1, 0.15) is 6.33 Å². The van der Waals surface area contributed by atoms with Gasteiger partial charge in [0, 0.05) is 20.1 Å². The van der Waals surface area contributed by atoms with E-state index in [-0.39, 0.29) is 0 Å². The summed E-state index contributed by atoms with van der Waals surface area (Å²) in [5.41, 5.74) is -0.862. The van der Waals surface area contributed by atoms with Crippen LogP contribution in [-0.2, 0) is 0 Å². The third-order valence-electron chi connectivity index (χ3n) is 2.54. The van der Waals surface area contributed by atoms with E-state index in [1.807, 2.05) is 19.0 Å². The molecule has 1 heterocycles. The molecule has 0 spiro atoms.